The molecule has 1 aromatic rings. The molecule has 0 spiro atoms. The van der Waals surface area contributed by atoms with Gasteiger partial charge in [-0.25, -0.2) is 0 Å². The Morgan fingerprint density at radius 1 is 1.24 bits per heavy atom. The normalized spacial score (nSPS) is 23.1. The first kappa shape index (κ1) is 16.3. The molecular weight excluding hydrogens is 258 g/mol. The molecule has 1 N–H and O–H groups in total. The SMILES string of the molecule is CC1CCC(N(C)c2ccnc(CNC(C)(C)C)c2)CC1. The van der Waals surface area contributed by atoms with E-state index in [1.54, 1.807) is 0 Å². The summed E-state index contributed by atoms with van der Waals surface area (Å²) in [5, 5.41) is 3.51. The highest BCUT2D eigenvalue weighted by molar-refractivity contribution is 5.46. The van der Waals surface area contributed by atoms with Crippen LogP contribution < -0.4 is 10.2 Å². The molecule has 2 rings (SSSR count). The van der Waals surface area contributed by atoms with Gasteiger partial charge in [0.2, 0.25) is 0 Å². The second kappa shape index (κ2) is 6.78. The van der Waals surface area contributed by atoms with Crippen molar-refractivity contribution in [2.45, 2.75) is 71.5 Å². The molecule has 1 aliphatic rings. The Labute approximate surface area is 130 Å². The number of hydrogen-bond donors (Lipinski definition) is 1. The molecule has 3 nitrogen and oxygen atoms in total. The van der Waals surface area contributed by atoms with Gasteiger partial charge in [0.05, 0.1) is 5.69 Å². The fourth-order valence-electron chi connectivity index (χ4n) is 2.98. The first-order chi connectivity index (χ1) is 9.85. The lowest BCUT2D eigenvalue weighted by atomic mass is 9.86. The van der Waals surface area contributed by atoms with E-state index in [-0.39, 0.29) is 5.54 Å². The first-order valence-corrected chi connectivity index (χ1v) is 8.28. The highest BCUT2D eigenvalue weighted by Crippen LogP contribution is 2.29. The van der Waals surface area contributed by atoms with Crippen molar-refractivity contribution in [1.82, 2.24) is 10.3 Å². The molecule has 0 aliphatic heterocycles. The summed E-state index contributed by atoms with van der Waals surface area (Å²) in [7, 11) is 2.23. The molecular formula is C18H31N3. The van der Waals surface area contributed by atoms with Crippen LogP contribution in [-0.4, -0.2) is 23.6 Å². The van der Waals surface area contributed by atoms with E-state index >= 15 is 0 Å². The van der Waals surface area contributed by atoms with Crippen molar-refractivity contribution in [1.29, 1.82) is 0 Å². The fourth-order valence-corrected chi connectivity index (χ4v) is 2.98. The number of hydrogen-bond acceptors (Lipinski definition) is 3. The molecule has 0 radical (unpaired) electrons. The third-order valence-corrected chi connectivity index (χ3v) is 4.54. The van der Waals surface area contributed by atoms with Crippen LogP contribution in [0.3, 0.4) is 0 Å². The molecule has 1 aromatic heterocycles. The van der Waals surface area contributed by atoms with Crippen LogP contribution in [0, 0.1) is 5.92 Å². The van der Waals surface area contributed by atoms with E-state index in [0.717, 1.165) is 18.2 Å². The minimum absolute atomic E-state index is 0.128. The van der Waals surface area contributed by atoms with Crippen molar-refractivity contribution in [2.24, 2.45) is 5.92 Å². The van der Waals surface area contributed by atoms with Crippen LogP contribution in [0.1, 0.15) is 59.1 Å². The standard InChI is InChI=1S/C18H31N3/c1-14-6-8-16(9-7-14)21(5)17-10-11-19-15(12-17)13-20-18(2,3)4/h10-12,14,16,20H,6-9,13H2,1-5H3. The quantitative estimate of drug-likeness (QED) is 0.908. The summed E-state index contributed by atoms with van der Waals surface area (Å²) in [5.74, 6) is 0.902. The van der Waals surface area contributed by atoms with Crippen LogP contribution in [0.2, 0.25) is 0 Å². The molecule has 0 amide bonds. The second-order valence-corrected chi connectivity index (χ2v) is 7.63. The van der Waals surface area contributed by atoms with Crippen molar-refractivity contribution in [3.63, 3.8) is 0 Å². The van der Waals surface area contributed by atoms with Gasteiger partial charge in [-0.15, -0.1) is 0 Å². The van der Waals surface area contributed by atoms with Crippen molar-refractivity contribution >= 4 is 5.69 Å². The molecule has 0 bridgehead atoms. The summed E-state index contributed by atoms with van der Waals surface area (Å²) in [6.07, 6.45) is 7.29. The molecule has 21 heavy (non-hydrogen) atoms. The van der Waals surface area contributed by atoms with Gasteiger partial charge in [0, 0.05) is 37.1 Å². The second-order valence-electron chi connectivity index (χ2n) is 7.63. The lowest BCUT2D eigenvalue weighted by Crippen LogP contribution is -2.36. The Morgan fingerprint density at radius 2 is 1.90 bits per heavy atom. The number of nitrogens with one attached hydrogen (secondary N) is 1. The molecule has 1 aliphatic carbocycles. The molecule has 0 saturated heterocycles. The number of rotatable bonds is 4. The maximum Gasteiger partial charge on any atom is 0.0562 e. The van der Waals surface area contributed by atoms with Crippen LogP contribution in [0.4, 0.5) is 5.69 Å². The van der Waals surface area contributed by atoms with Crippen molar-refractivity contribution in [3.05, 3.63) is 24.0 Å². The predicted octanol–water partition coefficient (Wildman–Crippen LogP) is 3.98. The van der Waals surface area contributed by atoms with Crippen LogP contribution in [0.5, 0.6) is 0 Å². The van der Waals surface area contributed by atoms with Gasteiger partial charge in [-0.05, 0) is 64.5 Å². The number of anilines is 1. The molecule has 0 unspecified atom stereocenters. The lowest BCUT2D eigenvalue weighted by molar-refractivity contribution is 0.340. The van der Waals surface area contributed by atoms with Crippen molar-refractivity contribution < 1.29 is 0 Å². The maximum absolute atomic E-state index is 4.49. The summed E-state index contributed by atoms with van der Waals surface area (Å²) in [6, 6.07) is 5.06. The van der Waals surface area contributed by atoms with E-state index in [9.17, 15) is 0 Å². The zero-order valence-electron chi connectivity index (χ0n) is 14.3. The summed E-state index contributed by atoms with van der Waals surface area (Å²) < 4.78 is 0. The Hall–Kier alpha value is -1.09. The Bertz CT molecular complexity index is 442. The van der Waals surface area contributed by atoms with Gasteiger partial charge < -0.3 is 10.2 Å². The molecule has 1 saturated carbocycles. The Kier molecular flexibility index (Phi) is 5.26. The van der Waals surface area contributed by atoms with Crippen LogP contribution in [0.15, 0.2) is 18.3 Å². The average molecular weight is 289 g/mol. The Morgan fingerprint density at radius 3 is 2.52 bits per heavy atom. The summed E-state index contributed by atoms with van der Waals surface area (Å²) in [6.45, 7) is 9.76. The molecule has 0 atom stereocenters. The molecule has 1 heterocycles. The van der Waals surface area contributed by atoms with Crippen LogP contribution in [0.25, 0.3) is 0 Å². The number of nitrogens with zero attached hydrogens (tertiary/aromatic N) is 2. The largest absolute Gasteiger partial charge is 0.372 e. The summed E-state index contributed by atoms with van der Waals surface area (Å²) >= 11 is 0. The first-order valence-electron chi connectivity index (χ1n) is 8.28. The highest BCUT2D eigenvalue weighted by Gasteiger charge is 2.22. The van der Waals surface area contributed by atoms with Crippen LogP contribution >= 0.6 is 0 Å². The predicted molar refractivity (Wildman–Crippen MR) is 90.7 cm³/mol. The van der Waals surface area contributed by atoms with Gasteiger partial charge in [-0.1, -0.05) is 6.92 Å². The number of aromatic nitrogens is 1. The van der Waals surface area contributed by atoms with E-state index in [1.807, 2.05) is 6.20 Å². The molecule has 3 heteroatoms. The number of pyridine rings is 1. The monoisotopic (exact) mass is 289 g/mol. The van der Waals surface area contributed by atoms with E-state index in [4.69, 9.17) is 0 Å². The molecule has 118 valence electrons. The van der Waals surface area contributed by atoms with Crippen molar-refractivity contribution in [3.8, 4) is 0 Å². The van der Waals surface area contributed by atoms with E-state index in [1.165, 1.54) is 31.4 Å². The maximum atomic E-state index is 4.49. The minimum atomic E-state index is 0.128. The summed E-state index contributed by atoms with van der Waals surface area (Å²) in [4.78, 5) is 6.95. The smallest absolute Gasteiger partial charge is 0.0562 e. The molecule has 0 aromatic carbocycles. The third-order valence-electron chi connectivity index (χ3n) is 4.54. The minimum Gasteiger partial charge on any atom is -0.372 e. The third kappa shape index (κ3) is 4.99. The van der Waals surface area contributed by atoms with Gasteiger partial charge in [0.15, 0.2) is 0 Å². The summed E-state index contributed by atoms with van der Waals surface area (Å²) in [5.41, 5.74) is 2.55. The highest BCUT2D eigenvalue weighted by atomic mass is 15.1. The van der Waals surface area contributed by atoms with E-state index in [2.05, 4.69) is 62.1 Å². The lowest BCUT2D eigenvalue weighted by Gasteiger charge is -2.35. The average Bonchev–Trinajstić information content (AvgIpc) is 2.45. The zero-order chi connectivity index (χ0) is 15.5. The van der Waals surface area contributed by atoms with Crippen molar-refractivity contribution in [2.75, 3.05) is 11.9 Å². The van der Waals surface area contributed by atoms with Gasteiger partial charge >= 0.3 is 0 Å². The van der Waals surface area contributed by atoms with Gasteiger partial charge in [-0.2, -0.15) is 0 Å². The van der Waals surface area contributed by atoms with Crippen LogP contribution in [-0.2, 0) is 6.54 Å². The van der Waals surface area contributed by atoms with E-state index < -0.39 is 0 Å². The molecule has 1 fully saturated rings. The van der Waals surface area contributed by atoms with Gasteiger partial charge in [-0.3, -0.25) is 4.98 Å². The fraction of sp³-hybridized carbons (Fsp3) is 0.722. The van der Waals surface area contributed by atoms with Gasteiger partial charge in [0.1, 0.15) is 0 Å². The topological polar surface area (TPSA) is 28.2 Å². The zero-order valence-corrected chi connectivity index (χ0v) is 14.3. The Balaban J connectivity index is 1.99. The van der Waals surface area contributed by atoms with E-state index in [0.29, 0.717) is 6.04 Å². The van der Waals surface area contributed by atoms with Gasteiger partial charge in [0.25, 0.3) is 0 Å².